The molecule has 1 saturated heterocycles. The molecule has 1 atom stereocenters. The van der Waals surface area contributed by atoms with E-state index in [1.165, 1.54) is 10.9 Å². The van der Waals surface area contributed by atoms with E-state index in [1.807, 2.05) is 13.1 Å². The topological polar surface area (TPSA) is 75.4 Å². The molecule has 136 valence electrons. The van der Waals surface area contributed by atoms with Crippen LogP contribution in [0.4, 0.5) is 4.79 Å². The zero-order chi connectivity index (χ0) is 17.7. The van der Waals surface area contributed by atoms with Crippen molar-refractivity contribution in [3.8, 4) is 0 Å². The number of carbonyl (C=O) groups is 1. The summed E-state index contributed by atoms with van der Waals surface area (Å²) < 4.78 is 11.2. The molecule has 2 amide bonds. The molecule has 2 aromatic rings. The van der Waals surface area contributed by atoms with Crippen molar-refractivity contribution in [1.29, 1.82) is 0 Å². The lowest BCUT2D eigenvalue weighted by Crippen LogP contribution is -2.40. The highest BCUT2D eigenvalue weighted by Crippen LogP contribution is 2.26. The quantitative estimate of drug-likeness (QED) is 0.722. The molecule has 0 bridgehead atoms. The van der Waals surface area contributed by atoms with Crippen LogP contribution in [0.3, 0.4) is 0 Å². The summed E-state index contributed by atoms with van der Waals surface area (Å²) in [6.45, 7) is 6.54. The van der Waals surface area contributed by atoms with Crippen LogP contribution in [0.25, 0.3) is 10.9 Å². The van der Waals surface area contributed by atoms with E-state index in [0.717, 1.165) is 18.4 Å². The number of aromatic nitrogens is 1. The number of hydrogen-bond donors (Lipinski definition) is 3. The summed E-state index contributed by atoms with van der Waals surface area (Å²) in [5, 5.41) is 7.03. The maximum atomic E-state index is 11.9. The molecule has 3 N–H and O–H groups in total. The lowest BCUT2D eigenvalue weighted by atomic mass is 10.0. The number of hydrogen-bond acceptors (Lipinski definition) is 3. The summed E-state index contributed by atoms with van der Waals surface area (Å²) in [4.78, 5) is 15.1. The Labute approximate surface area is 148 Å². The van der Waals surface area contributed by atoms with Crippen LogP contribution >= 0.6 is 0 Å². The van der Waals surface area contributed by atoms with E-state index in [4.69, 9.17) is 9.47 Å². The van der Waals surface area contributed by atoms with Gasteiger partial charge in [-0.1, -0.05) is 13.0 Å². The van der Waals surface area contributed by atoms with E-state index in [2.05, 4.69) is 46.8 Å². The van der Waals surface area contributed by atoms with Crippen LogP contribution in [0.1, 0.15) is 25.8 Å². The average molecular weight is 345 g/mol. The molecule has 6 nitrogen and oxygen atoms in total. The summed E-state index contributed by atoms with van der Waals surface area (Å²) in [6.07, 6.45) is 3.51. The fourth-order valence-corrected chi connectivity index (χ4v) is 3.29. The number of H-pyrrole nitrogens is 1. The summed E-state index contributed by atoms with van der Waals surface area (Å²) in [7, 11) is 0. The Balaban J connectivity index is 1.35. The van der Waals surface area contributed by atoms with Crippen LogP contribution < -0.4 is 10.6 Å². The third-order valence-corrected chi connectivity index (χ3v) is 4.55. The van der Waals surface area contributed by atoms with Crippen molar-refractivity contribution in [2.75, 3.05) is 26.3 Å². The van der Waals surface area contributed by atoms with Crippen LogP contribution in [0.5, 0.6) is 0 Å². The Kier molecular flexibility index (Phi) is 5.60. The number of fused-ring (bicyclic) bond motifs is 1. The number of carbonyl (C=O) groups excluding carboxylic acids is 1. The molecule has 3 rings (SSSR count). The van der Waals surface area contributed by atoms with E-state index >= 15 is 0 Å². The fraction of sp³-hybridized carbons (Fsp3) is 0.526. The van der Waals surface area contributed by atoms with Crippen LogP contribution in [-0.4, -0.2) is 43.1 Å². The highest BCUT2D eigenvalue weighted by atomic mass is 16.7. The largest absolute Gasteiger partial charge is 0.361 e. The Morgan fingerprint density at radius 3 is 2.88 bits per heavy atom. The second kappa shape index (κ2) is 7.89. The molecule has 1 aliphatic rings. The number of benzene rings is 1. The van der Waals surface area contributed by atoms with Crippen LogP contribution in [0, 0.1) is 5.92 Å². The number of ether oxygens (including phenoxy) is 2. The van der Waals surface area contributed by atoms with Crippen molar-refractivity contribution >= 4 is 16.9 Å². The Bertz CT molecular complexity index is 707. The predicted molar refractivity (Wildman–Crippen MR) is 97.5 cm³/mol. The summed E-state index contributed by atoms with van der Waals surface area (Å²) >= 11 is 0. The second-order valence-electron chi connectivity index (χ2n) is 6.93. The fourth-order valence-electron chi connectivity index (χ4n) is 3.29. The molecule has 6 heteroatoms. The Morgan fingerprint density at radius 2 is 2.08 bits per heavy atom. The molecule has 1 fully saturated rings. The number of aromatic amines is 1. The summed E-state index contributed by atoms with van der Waals surface area (Å²) in [6, 6.07) is 8.23. The minimum atomic E-state index is -0.506. The van der Waals surface area contributed by atoms with Crippen molar-refractivity contribution in [2.24, 2.45) is 5.92 Å². The van der Waals surface area contributed by atoms with E-state index in [-0.39, 0.29) is 11.9 Å². The molecule has 0 aliphatic carbocycles. The van der Waals surface area contributed by atoms with Crippen molar-refractivity contribution < 1.29 is 14.3 Å². The van der Waals surface area contributed by atoms with Gasteiger partial charge in [0.15, 0.2) is 5.79 Å². The first-order chi connectivity index (χ1) is 12.0. The molecular formula is C19H27N3O3. The molecule has 0 radical (unpaired) electrons. The van der Waals surface area contributed by atoms with Crippen LogP contribution in [0.2, 0.25) is 0 Å². The monoisotopic (exact) mass is 345 g/mol. The van der Waals surface area contributed by atoms with Gasteiger partial charge in [0.05, 0.1) is 13.2 Å². The van der Waals surface area contributed by atoms with Gasteiger partial charge in [0, 0.05) is 31.2 Å². The lowest BCUT2D eigenvalue weighted by Gasteiger charge is -2.26. The molecule has 1 aromatic heterocycles. The first-order valence-corrected chi connectivity index (χ1v) is 8.90. The molecule has 2 heterocycles. The minimum Gasteiger partial charge on any atom is -0.361 e. The van der Waals surface area contributed by atoms with Gasteiger partial charge in [-0.25, -0.2) is 4.79 Å². The molecule has 25 heavy (non-hydrogen) atoms. The van der Waals surface area contributed by atoms with E-state index in [1.54, 1.807) is 0 Å². The van der Waals surface area contributed by atoms with Gasteiger partial charge >= 0.3 is 6.03 Å². The standard InChI is InChI=1S/C19H27N3O3/c1-14(12-19(2)24-9-10-25-19)13-22-18(23)21-7-5-15-3-4-17-16(11-15)6-8-20-17/h3-4,6,8,11,14,20H,5,7,9-10,12-13H2,1-2H3,(H2,21,22,23)/t14-/m1/s1. The molecule has 0 saturated carbocycles. The normalized spacial score (nSPS) is 17.5. The Hall–Kier alpha value is -2.05. The smallest absolute Gasteiger partial charge is 0.314 e. The van der Waals surface area contributed by atoms with Gasteiger partial charge < -0.3 is 25.1 Å². The number of urea groups is 1. The zero-order valence-electron chi connectivity index (χ0n) is 14.9. The lowest BCUT2D eigenvalue weighted by molar-refractivity contribution is -0.153. The third kappa shape index (κ3) is 4.96. The van der Waals surface area contributed by atoms with E-state index < -0.39 is 5.79 Å². The maximum Gasteiger partial charge on any atom is 0.314 e. The highest BCUT2D eigenvalue weighted by molar-refractivity contribution is 5.80. The van der Waals surface area contributed by atoms with Crippen molar-refractivity contribution in [3.63, 3.8) is 0 Å². The highest BCUT2D eigenvalue weighted by Gasteiger charge is 2.32. The molecule has 0 unspecified atom stereocenters. The van der Waals surface area contributed by atoms with Crippen molar-refractivity contribution in [1.82, 2.24) is 15.6 Å². The van der Waals surface area contributed by atoms with Gasteiger partial charge in [0.1, 0.15) is 0 Å². The van der Waals surface area contributed by atoms with Crippen LogP contribution in [-0.2, 0) is 15.9 Å². The molecular weight excluding hydrogens is 318 g/mol. The maximum absolute atomic E-state index is 11.9. The first kappa shape index (κ1) is 17.8. The van der Waals surface area contributed by atoms with E-state index in [9.17, 15) is 4.79 Å². The first-order valence-electron chi connectivity index (χ1n) is 8.90. The number of amides is 2. The average Bonchev–Trinajstić information content (AvgIpc) is 3.21. The minimum absolute atomic E-state index is 0.131. The molecule has 1 aromatic carbocycles. The predicted octanol–water partition coefficient (Wildman–Crippen LogP) is 2.80. The summed E-state index contributed by atoms with van der Waals surface area (Å²) in [5.74, 6) is -0.223. The van der Waals surface area contributed by atoms with Gasteiger partial charge in [-0.3, -0.25) is 0 Å². The van der Waals surface area contributed by atoms with Gasteiger partial charge in [-0.15, -0.1) is 0 Å². The molecule has 1 aliphatic heterocycles. The van der Waals surface area contributed by atoms with E-state index in [0.29, 0.717) is 26.3 Å². The van der Waals surface area contributed by atoms with Gasteiger partial charge in [0.25, 0.3) is 0 Å². The zero-order valence-corrected chi connectivity index (χ0v) is 14.9. The number of nitrogens with one attached hydrogen (secondary N) is 3. The SMILES string of the molecule is C[C@@H](CNC(=O)NCCc1ccc2[nH]ccc2c1)CC1(C)OCCO1. The van der Waals surface area contributed by atoms with Gasteiger partial charge in [-0.2, -0.15) is 0 Å². The Morgan fingerprint density at radius 1 is 1.28 bits per heavy atom. The van der Waals surface area contributed by atoms with Crippen LogP contribution in [0.15, 0.2) is 30.5 Å². The molecule has 0 spiro atoms. The van der Waals surface area contributed by atoms with Gasteiger partial charge in [-0.05, 0) is 48.4 Å². The third-order valence-electron chi connectivity index (χ3n) is 4.55. The second-order valence-corrected chi connectivity index (χ2v) is 6.93. The number of rotatable bonds is 7. The van der Waals surface area contributed by atoms with Crippen molar-refractivity contribution in [3.05, 3.63) is 36.0 Å². The summed E-state index contributed by atoms with van der Waals surface area (Å²) in [5.41, 5.74) is 2.34. The van der Waals surface area contributed by atoms with Crippen molar-refractivity contribution in [2.45, 2.75) is 32.5 Å². The van der Waals surface area contributed by atoms with Gasteiger partial charge in [0.2, 0.25) is 0 Å².